The van der Waals surface area contributed by atoms with E-state index in [1.54, 1.807) is 24.3 Å². The van der Waals surface area contributed by atoms with Crippen molar-refractivity contribution in [2.45, 2.75) is 13.8 Å². The first-order valence-electron chi connectivity index (χ1n) is 10.2. The lowest BCUT2D eigenvalue weighted by Gasteiger charge is -2.06. The first kappa shape index (κ1) is 21.5. The Morgan fingerprint density at radius 1 is 1.06 bits per heavy atom. The number of ether oxygens (including phenoxy) is 2. The molecule has 162 valence electrons. The van der Waals surface area contributed by atoms with E-state index in [9.17, 15) is 9.59 Å². The van der Waals surface area contributed by atoms with Crippen LogP contribution in [0.2, 0.25) is 0 Å². The molecule has 32 heavy (non-hydrogen) atoms. The number of hydrogen-bond donors (Lipinski definition) is 1. The summed E-state index contributed by atoms with van der Waals surface area (Å²) in [5, 5.41) is 0.706. The lowest BCUT2D eigenvalue weighted by molar-refractivity contribution is 0.0480. The van der Waals surface area contributed by atoms with Gasteiger partial charge < -0.3 is 15.2 Å². The first-order valence-corrected chi connectivity index (χ1v) is 11.0. The smallest absolute Gasteiger partial charge is 0.350 e. The van der Waals surface area contributed by atoms with Crippen LogP contribution in [0.4, 0.5) is 5.69 Å². The maximum atomic E-state index is 12.7. The molecule has 2 aromatic carbocycles. The van der Waals surface area contributed by atoms with E-state index in [4.69, 9.17) is 20.2 Å². The lowest BCUT2D eigenvalue weighted by Crippen LogP contribution is -2.14. The maximum Gasteiger partial charge on any atom is 0.350 e. The molecule has 0 aliphatic heterocycles. The zero-order valence-corrected chi connectivity index (χ0v) is 18.6. The van der Waals surface area contributed by atoms with E-state index < -0.39 is 5.97 Å². The molecule has 0 atom stereocenters. The molecule has 0 amide bonds. The Morgan fingerprint density at radius 2 is 1.78 bits per heavy atom. The van der Waals surface area contributed by atoms with Crippen LogP contribution in [0.25, 0.3) is 21.5 Å². The predicted molar refractivity (Wildman–Crippen MR) is 126 cm³/mol. The average molecular weight is 447 g/mol. The number of anilines is 1. The van der Waals surface area contributed by atoms with Crippen LogP contribution < -0.4 is 10.5 Å². The van der Waals surface area contributed by atoms with Crippen LogP contribution in [0.15, 0.2) is 60.7 Å². The fourth-order valence-electron chi connectivity index (χ4n) is 3.36. The molecule has 4 aromatic rings. The molecular weight excluding hydrogens is 424 g/mol. The van der Waals surface area contributed by atoms with Crippen LogP contribution in [0.1, 0.15) is 32.5 Å². The largest absolute Gasteiger partial charge is 0.494 e. The number of benzene rings is 2. The minimum Gasteiger partial charge on any atom is -0.494 e. The highest BCUT2D eigenvalue weighted by Crippen LogP contribution is 2.36. The van der Waals surface area contributed by atoms with Crippen LogP contribution in [0.5, 0.6) is 5.75 Å². The Kier molecular flexibility index (Phi) is 6.18. The Hall–Kier alpha value is -3.71. The minimum atomic E-state index is -0.635. The number of carbonyl (C=O) groups excluding carboxylic acids is 2. The molecule has 0 saturated carbocycles. The van der Waals surface area contributed by atoms with Crippen molar-refractivity contribution >= 4 is 39.0 Å². The third-order valence-corrected chi connectivity index (χ3v) is 6.06. The second kappa shape index (κ2) is 9.20. The Bertz CT molecular complexity index is 1280. The fourth-order valence-corrected chi connectivity index (χ4v) is 4.34. The maximum absolute atomic E-state index is 12.7. The van der Waals surface area contributed by atoms with E-state index in [1.807, 2.05) is 50.2 Å². The number of Topliss-reactive ketones (excluding diaryl/α,β-unsaturated/α-hetero) is 1. The van der Waals surface area contributed by atoms with Gasteiger partial charge in [0.1, 0.15) is 15.5 Å². The summed E-state index contributed by atoms with van der Waals surface area (Å²) in [7, 11) is 0. The van der Waals surface area contributed by atoms with Crippen LogP contribution in [0.3, 0.4) is 0 Å². The van der Waals surface area contributed by atoms with Crippen molar-refractivity contribution in [3.05, 3.63) is 76.7 Å². The van der Waals surface area contributed by atoms with Crippen molar-refractivity contribution in [1.29, 1.82) is 0 Å². The molecule has 2 heterocycles. The van der Waals surface area contributed by atoms with Crippen LogP contribution in [-0.2, 0) is 4.74 Å². The van der Waals surface area contributed by atoms with Crippen LogP contribution in [0, 0.1) is 6.92 Å². The minimum absolute atomic E-state index is 0.247. The quantitative estimate of drug-likeness (QED) is 0.306. The number of nitrogen functional groups attached to an aromatic ring is 1. The van der Waals surface area contributed by atoms with Crippen molar-refractivity contribution in [1.82, 2.24) is 4.98 Å². The molecule has 0 radical (unpaired) electrons. The summed E-state index contributed by atoms with van der Waals surface area (Å²) in [4.78, 5) is 30.7. The average Bonchev–Trinajstić information content (AvgIpc) is 3.13. The molecule has 0 spiro atoms. The summed E-state index contributed by atoms with van der Waals surface area (Å²) in [6.07, 6.45) is 0. The number of fused-ring (bicyclic) bond motifs is 1. The highest BCUT2D eigenvalue weighted by molar-refractivity contribution is 7.21. The van der Waals surface area contributed by atoms with Gasteiger partial charge in [-0.15, -0.1) is 11.3 Å². The summed E-state index contributed by atoms with van der Waals surface area (Å²) in [6.45, 7) is 4.02. The second-order valence-corrected chi connectivity index (χ2v) is 8.17. The molecule has 0 bridgehead atoms. The summed E-state index contributed by atoms with van der Waals surface area (Å²) >= 11 is 1.17. The number of hydrogen-bond acceptors (Lipinski definition) is 7. The van der Waals surface area contributed by atoms with Crippen LogP contribution in [-0.4, -0.2) is 30.0 Å². The van der Waals surface area contributed by atoms with Gasteiger partial charge in [0.25, 0.3) is 0 Å². The van der Waals surface area contributed by atoms with Gasteiger partial charge in [0, 0.05) is 16.5 Å². The third kappa shape index (κ3) is 4.33. The number of esters is 1. The highest BCUT2D eigenvalue weighted by Gasteiger charge is 2.21. The number of pyridine rings is 1. The van der Waals surface area contributed by atoms with E-state index in [2.05, 4.69) is 0 Å². The molecular formula is C25H22N2O4S. The van der Waals surface area contributed by atoms with Gasteiger partial charge in [-0.05, 0) is 49.7 Å². The number of rotatable bonds is 7. The molecule has 2 aromatic heterocycles. The Labute approximate surface area is 189 Å². The Balaban J connectivity index is 1.52. The van der Waals surface area contributed by atoms with Crippen molar-refractivity contribution in [3.63, 3.8) is 0 Å². The van der Waals surface area contributed by atoms with Gasteiger partial charge in [-0.1, -0.05) is 30.3 Å². The normalized spacial score (nSPS) is 10.8. The Morgan fingerprint density at radius 3 is 2.47 bits per heavy atom. The van der Waals surface area contributed by atoms with Gasteiger partial charge in [-0.3, -0.25) is 4.79 Å². The molecule has 4 rings (SSSR count). The number of aryl methyl sites for hydroxylation is 1. The van der Waals surface area contributed by atoms with Crippen molar-refractivity contribution < 1.29 is 19.1 Å². The third-order valence-electron chi connectivity index (χ3n) is 4.97. The number of nitrogens with zero attached hydrogens (tertiary/aromatic N) is 1. The summed E-state index contributed by atoms with van der Waals surface area (Å²) in [5.74, 6) is -0.262. The molecule has 6 nitrogen and oxygen atoms in total. The summed E-state index contributed by atoms with van der Waals surface area (Å²) in [6, 6.07) is 18.5. The van der Waals surface area contributed by atoms with E-state index in [-0.39, 0.29) is 17.3 Å². The SMILES string of the molecule is CCOc1ccc(C(=O)COC(=O)c2sc3nc(-c4ccccc4)c(C)cc3c2N)cc1. The predicted octanol–water partition coefficient (Wildman–Crippen LogP) is 5.29. The number of aromatic nitrogens is 1. The number of nitrogens with two attached hydrogens (primary N) is 1. The van der Waals surface area contributed by atoms with Gasteiger partial charge in [0.05, 0.1) is 18.0 Å². The topological polar surface area (TPSA) is 91.5 Å². The molecule has 0 unspecified atom stereocenters. The molecule has 0 aliphatic carbocycles. The van der Waals surface area contributed by atoms with Gasteiger partial charge in [0.15, 0.2) is 12.4 Å². The molecule has 0 fully saturated rings. The van der Waals surface area contributed by atoms with Gasteiger partial charge in [-0.2, -0.15) is 0 Å². The molecule has 2 N–H and O–H groups in total. The standard InChI is InChI=1S/C25H22N2O4S/c1-3-30-18-11-9-16(10-12-18)20(28)14-31-25(29)23-21(26)19-13-15(2)22(27-24(19)32-23)17-7-5-4-6-8-17/h4-13H,3,14,26H2,1-2H3. The van der Waals surface area contributed by atoms with E-state index in [1.165, 1.54) is 11.3 Å². The number of carbonyl (C=O) groups is 2. The van der Waals surface area contributed by atoms with E-state index in [0.717, 1.165) is 16.8 Å². The number of thiophene rings is 1. The highest BCUT2D eigenvalue weighted by atomic mass is 32.1. The monoisotopic (exact) mass is 446 g/mol. The van der Waals surface area contributed by atoms with Crippen LogP contribution >= 0.6 is 11.3 Å². The zero-order valence-electron chi connectivity index (χ0n) is 17.8. The van der Waals surface area contributed by atoms with Gasteiger partial charge >= 0.3 is 5.97 Å². The fraction of sp³-hybridized carbons (Fsp3) is 0.160. The first-order chi connectivity index (χ1) is 15.5. The van der Waals surface area contributed by atoms with Crippen molar-refractivity contribution in [3.8, 4) is 17.0 Å². The van der Waals surface area contributed by atoms with Gasteiger partial charge in [0.2, 0.25) is 0 Å². The number of ketones is 1. The van der Waals surface area contributed by atoms with E-state index in [0.29, 0.717) is 33.8 Å². The lowest BCUT2D eigenvalue weighted by atomic mass is 10.1. The molecule has 0 aliphatic rings. The molecule has 7 heteroatoms. The summed E-state index contributed by atoms with van der Waals surface area (Å²) < 4.78 is 10.6. The second-order valence-electron chi connectivity index (χ2n) is 7.17. The summed E-state index contributed by atoms with van der Waals surface area (Å²) in [5.41, 5.74) is 9.77. The van der Waals surface area contributed by atoms with E-state index >= 15 is 0 Å². The zero-order chi connectivity index (χ0) is 22.7. The van der Waals surface area contributed by atoms with Crippen molar-refractivity contribution in [2.24, 2.45) is 0 Å². The van der Waals surface area contributed by atoms with Gasteiger partial charge in [-0.25, -0.2) is 9.78 Å². The molecule has 0 saturated heterocycles. The van der Waals surface area contributed by atoms with Crippen molar-refractivity contribution in [2.75, 3.05) is 18.9 Å².